The molecule has 3 heteroatoms. The van der Waals surface area contributed by atoms with Gasteiger partial charge in [0.15, 0.2) is 0 Å². The predicted molar refractivity (Wildman–Crippen MR) is 16.4 cm³/mol. The van der Waals surface area contributed by atoms with Crippen molar-refractivity contribution >= 4 is 17.9 Å². The Balaban J connectivity index is 0. The number of hydrogen-bond donors (Lipinski definition) is 0. The molecule has 27 valence electrons. The number of hydrogen-bond acceptors (Lipinski definition) is 1. The second kappa shape index (κ2) is 8.91. The van der Waals surface area contributed by atoms with E-state index in [1.165, 1.54) is 6.29 Å². The Bertz CT molecular complexity index is 23.6. The van der Waals surface area contributed by atoms with Crippen molar-refractivity contribution < 1.29 is 37.5 Å². The molecule has 0 heterocycles. The van der Waals surface area contributed by atoms with Crippen LogP contribution in [0.1, 0.15) is 0 Å². The van der Waals surface area contributed by atoms with Gasteiger partial charge in [-0.25, -0.2) is 6.29 Å². The molecule has 0 aliphatic rings. The summed E-state index contributed by atoms with van der Waals surface area (Å²) in [6, 6.07) is 0. The van der Waals surface area contributed by atoms with Crippen molar-refractivity contribution in [1.29, 1.82) is 0 Å². The van der Waals surface area contributed by atoms with E-state index >= 15 is 0 Å². The van der Waals surface area contributed by atoms with Crippen molar-refractivity contribution in [2.24, 2.45) is 0 Å². The molecule has 5 heavy (non-hydrogen) atoms. The minimum absolute atomic E-state index is 0. The molecule has 1 nitrogen and oxygen atoms in total. The number of halogens is 1. The maximum absolute atomic E-state index is 8.92. The molecule has 0 aromatic carbocycles. The van der Waals surface area contributed by atoms with Gasteiger partial charge in [-0.1, -0.05) is 5.88 Å². The number of carbonyl (C=O) groups excluding carboxylic acids is 1. The summed E-state index contributed by atoms with van der Waals surface area (Å²) < 4.78 is 0. The van der Waals surface area contributed by atoms with Crippen molar-refractivity contribution in [3.05, 3.63) is 0 Å². The quantitative estimate of drug-likeness (QED) is 0.405. The molecule has 0 spiro atoms. The Kier molecular flexibility index (Phi) is 16.8. The first kappa shape index (κ1) is 9.42. The maximum Gasteiger partial charge on any atom is 0 e. The van der Waals surface area contributed by atoms with Crippen LogP contribution >= 0.6 is 11.6 Å². The van der Waals surface area contributed by atoms with E-state index in [0.717, 1.165) is 0 Å². The minimum atomic E-state index is -0.0139. The van der Waals surface area contributed by atoms with E-state index in [9.17, 15) is 0 Å². The Hall–Kier alpha value is 1.06. The Labute approximate surface area is 61.0 Å². The van der Waals surface area contributed by atoms with Crippen LogP contribution in [-0.2, 0) is 37.5 Å². The van der Waals surface area contributed by atoms with Crippen molar-refractivity contribution in [2.75, 3.05) is 5.88 Å². The van der Waals surface area contributed by atoms with Crippen LogP contribution in [0.2, 0.25) is 0 Å². The summed E-state index contributed by atoms with van der Waals surface area (Å²) in [5, 5.41) is 0. The van der Waals surface area contributed by atoms with Crippen LogP contribution in [0.3, 0.4) is 0 Å². The monoisotopic (exact) mass is 166 g/mol. The van der Waals surface area contributed by atoms with Crippen LogP contribution in [0.5, 0.6) is 0 Å². The zero-order chi connectivity index (χ0) is 3.41. The molecule has 0 rings (SSSR count). The van der Waals surface area contributed by atoms with Gasteiger partial charge in [-0.2, -0.15) is 11.6 Å². The molecule has 0 aliphatic heterocycles. The summed E-state index contributed by atoms with van der Waals surface area (Å²) in [4.78, 5) is 8.92. The molecule has 1 radical (unpaired) electrons. The van der Waals surface area contributed by atoms with Crippen LogP contribution in [0, 0.1) is 0 Å². The molecule has 0 aromatic rings. The largest absolute Gasteiger partial charge is 0.541 e. The van der Waals surface area contributed by atoms with E-state index in [4.69, 9.17) is 16.4 Å². The second-order valence-electron chi connectivity index (χ2n) is 0.278. The standard InChI is InChI=1S/C2H2ClO.Y/c3-1-2-4;/h1H2;/q-1;. The van der Waals surface area contributed by atoms with Crippen molar-refractivity contribution in [3.63, 3.8) is 0 Å². The Morgan fingerprint density at radius 3 is 2.00 bits per heavy atom. The Morgan fingerprint density at radius 2 is 2.00 bits per heavy atom. The number of rotatable bonds is 1. The summed E-state index contributed by atoms with van der Waals surface area (Å²) in [6.07, 6.45) is 1.45. The van der Waals surface area contributed by atoms with Gasteiger partial charge < -0.3 is 4.79 Å². The fraction of sp³-hybridized carbons (Fsp3) is 0.500. The van der Waals surface area contributed by atoms with E-state index in [1.807, 2.05) is 0 Å². The second-order valence-corrected chi connectivity index (χ2v) is 0.545. The van der Waals surface area contributed by atoms with E-state index in [0.29, 0.717) is 0 Å². The first-order chi connectivity index (χ1) is 1.91. The summed E-state index contributed by atoms with van der Waals surface area (Å²) >= 11 is 4.76. The van der Waals surface area contributed by atoms with Gasteiger partial charge in [0.1, 0.15) is 0 Å². The van der Waals surface area contributed by atoms with Crippen molar-refractivity contribution in [2.45, 2.75) is 0 Å². The van der Waals surface area contributed by atoms with Crippen LogP contribution in [-0.4, -0.2) is 12.2 Å². The van der Waals surface area contributed by atoms with Crippen molar-refractivity contribution in [3.8, 4) is 0 Å². The molecule has 0 saturated carbocycles. The van der Waals surface area contributed by atoms with Gasteiger partial charge in [0.05, 0.1) is 0 Å². The van der Waals surface area contributed by atoms with Gasteiger partial charge in [0.25, 0.3) is 0 Å². The van der Waals surface area contributed by atoms with Gasteiger partial charge in [-0.3, -0.25) is 0 Å². The van der Waals surface area contributed by atoms with Crippen LogP contribution < -0.4 is 0 Å². The van der Waals surface area contributed by atoms with E-state index < -0.39 is 0 Å². The summed E-state index contributed by atoms with van der Waals surface area (Å²) in [7, 11) is 0. The molecule has 0 amide bonds. The van der Waals surface area contributed by atoms with Gasteiger partial charge >= 0.3 is 0 Å². The van der Waals surface area contributed by atoms with Gasteiger partial charge in [0, 0.05) is 32.7 Å². The third-order valence-electron chi connectivity index (χ3n) is 0.0546. The molecule has 0 aliphatic carbocycles. The van der Waals surface area contributed by atoms with E-state index in [1.54, 1.807) is 0 Å². The van der Waals surface area contributed by atoms with Crippen LogP contribution in [0.4, 0.5) is 0 Å². The molecule has 0 saturated heterocycles. The molecular formula is C2H2ClOY-. The normalized spacial score (nSPS) is 5.00. The average Bonchev–Trinajstić information content (AvgIpc) is 1.37. The van der Waals surface area contributed by atoms with Gasteiger partial charge in [0.2, 0.25) is 0 Å². The third kappa shape index (κ3) is 11.2. The molecule has 0 aromatic heterocycles. The topological polar surface area (TPSA) is 17.1 Å². The zero-order valence-corrected chi connectivity index (χ0v) is 6.16. The van der Waals surface area contributed by atoms with Gasteiger partial charge in [-0.15, -0.1) is 0 Å². The molecule has 0 atom stereocenters. The summed E-state index contributed by atoms with van der Waals surface area (Å²) in [6.45, 7) is 0. The fourth-order valence-corrected chi connectivity index (χ4v) is 0. The smallest absolute Gasteiger partial charge is 0 e. The third-order valence-corrected chi connectivity index (χ3v) is 0.164. The van der Waals surface area contributed by atoms with Crippen LogP contribution in [0.25, 0.3) is 0 Å². The Morgan fingerprint density at radius 1 is 1.80 bits per heavy atom. The summed E-state index contributed by atoms with van der Waals surface area (Å²) in [5.74, 6) is -0.0139. The molecule has 0 fully saturated rings. The van der Waals surface area contributed by atoms with E-state index in [2.05, 4.69) is 0 Å². The molecule has 0 N–H and O–H groups in total. The first-order valence-electron chi connectivity index (χ1n) is 0.825. The molecule has 0 unspecified atom stereocenters. The van der Waals surface area contributed by atoms with E-state index in [-0.39, 0.29) is 38.6 Å². The maximum atomic E-state index is 8.92. The first-order valence-corrected chi connectivity index (χ1v) is 1.36. The average molecular weight is 166 g/mol. The van der Waals surface area contributed by atoms with Gasteiger partial charge in [-0.05, 0) is 0 Å². The minimum Gasteiger partial charge on any atom is -0.541 e. The zero-order valence-electron chi connectivity index (χ0n) is 2.57. The summed E-state index contributed by atoms with van der Waals surface area (Å²) in [5.41, 5.74) is 0. The van der Waals surface area contributed by atoms with Crippen molar-refractivity contribution in [1.82, 2.24) is 0 Å². The fourth-order valence-electron chi connectivity index (χ4n) is 0. The number of alkyl halides is 1. The SMILES string of the molecule is O=[C-]CCl.[Y]. The predicted octanol–water partition coefficient (Wildman–Crippen LogP) is 0.332. The van der Waals surface area contributed by atoms with Crippen LogP contribution in [0.15, 0.2) is 0 Å². The molecule has 0 bridgehead atoms. The molecular weight excluding hydrogens is 164 g/mol.